The lowest BCUT2D eigenvalue weighted by atomic mass is 9.84. The van der Waals surface area contributed by atoms with Gasteiger partial charge in [0.2, 0.25) is 0 Å². The van der Waals surface area contributed by atoms with E-state index >= 15 is 0 Å². The zero-order valence-corrected chi connectivity index (χ0v) is 11.6. The van der Waals surface area contributed by atoms with Gasteiger partial charge in [-0.2, -0.15) is 0 Å². The van der Waals surface area contributed by atoms with Gasteiger partial charge in [-0.3, -0.25) is 9.59 Å². The van der Waals surface area contributed by atoms with E-state index in [1.54, 1.807) is 0 Å². The van der Waals surface area contributed by atoms with Crippen molar-refractivity contribution in [3.05, 3.63) is 0 Å². The molecule has 1 aliphatic rings. The van der Waals surface area contributed by atoms with Crippen LogP contribution in [0.15, 0.2) is 0 Å². The van der Waals surface area contributed by atoms with Crippen LogP contribution >= 0.6 is 0 Å². The van der Waals surface area contributed by atoms with Crippen molar-refractivity contribution in [2.24, 2.45) is 5.92 Å². The third kappa shape index (κ3) is 6.18. The Labute approximate surface area is 110 Å². The highest BCUT2D eigenvalue weighted by atomic mass is 16.5. The second-order valence-electron chi connectivity index (χ2n) is 5.17. The topological polar surface area (TPSA) is 43.4 Å². The first-order valence-electron chi connectivity index (χ1n) is 7.42. The predicted molar refractivity (Wildman–Crippen MR) is 71.3 cm³/mol. The molecule has 1 fully saturated rings. The first-order valence-corrected chi connectivity index (χ1v) is 7.42. The summed E-state index contributed by atoms with van der Waals surface area (Å²) in [5.41, 5.74) is 0. The van der Waals surface area contributed by atoms with Gasteiger partial charge in [-0.05, 0) is 32.6 Å². The standard InChI is InChI=1S/C15H26O3/c1-2-18-15(17)12-8-4-7-11-14(16)13-9-5-3-6-10-13/h13H,2-12H2,1H3. The van der Waals surface area contributed by atoms with Crippen LogP contribution in [0.3, 0.4) is 0 Å². The van der Waals surface area contributed by atoms with Crippen LogP contribution < -0.4 is 0 Å². The number of unbranched alkanes of at least 4 members (excludes halogenated alkanes) is 2. The van der Waals surface area contributed by atoms with Gasteiger partial charge < -0.3 is 4.74 Å². The minimum atomic E-state index is -0.115. The Kier molecular flexibility index (Phi) is 7.70. The van der Waals surface area contributed by atoms with Crippen molar-refractivity contribution in [2.45, 2.75) is 71.1 Å². The first kappa shape index (κ1) is 15.2. The van der Waals surface area contributed by atoms with Crippen molar-refractivity contribution < 1.29 is 14.3 Å². The summed E-state index contributed by atoms with van der Waals surface area (Å²) >= 11 is 0. The molecule has 18 heavy (non-hydrogen) atoms. The molecule has 0 radical (unpaired) electrons. The van der Waals surface area contributed by atoms with Crippen LogP contribution in [0.4, 0.5) is 0 Å². The average molecular weight is 254 g/mol. The molecule has 1 rings (SSSR count). The molecule has 0 atom stereocenters. The SMILES string of the molecule is CCOC(=O)CCCCCC(=O)C1CCCCC1. The van der Waals surface area contributed by atoms with Gasteiger partial charge in [-0.1, -0.05) is 25.7 Å². The van der Waals surface area contributed by atoms with E-state index in [9.17, 15) is 9.59 Å². The zero-order chi connectivity index (χ0) is 13.2. The van der Waals surface area contributed by atoms with E-state index in [0.717, 1.165) is 32.1 Å². The van der Waals surface area contributed by atoms with Gasteiger partial charge in [0.1, 0.15) is 5.78 Å². The monoisotopic (exact) mass is 254 g/mol. The van der Waals surface area contributed by atoms with Gasteiger partial charge in [-0.25, -0.2) is 0 Å². The molecule has 0 heterocycles. The Morgan fingerprint density at radius 3 is 2.33 bits per heavy atom. The van der Waals surface area contributed by atoms with Crippen LogP contribution in [0.1, 0.15) is 71.1 Å². The predicted octanol–water partition coefficient (Wildman–Crippen LogP) is 3.65. The van der Waals surface area contributed by atoms with Gasteiger partial charge in [0.05, 0.1) is 6.61 Å². The summed E-state index contributed by atoms with van der Waals surface area (Å²) in [6.45, 7) is 2.28. The molecule has 0 bridgehead atoms. The summed E-state index contributed by atoms with van der Waals surface area (Å²) in [5.74, 6) is 0.672. The second kappa shape index (κ2) is 9.12. The highest BCUT2D eigenvalue weighted by Crippen LogP contribution is 2.25. The van der Waals surface area contributed by atoms with Gasteiger partial charge in [-0.15, -0.1) is 0 Å². The van der Waals surface area contributed by atoms with Gasteiger partial charge in [0.25, 0.3) is 0 Å². The summed E-state index contributed by atoms with van der Waals surface area (Å²) < 4.78 is 4.86. The molecular formula is C15H26O3. The smallest absolute Gasteiger partial charge is 0.305 e. The molecule has 0 saturated heterocycles. The number of Topliss-reactive ketones (excluding diaryl/α,β-unsaturated/α-hetero) is 1. The number of ketones is 1. The third-order valence-electron chi connectivity index (χ3n) is 3.67. The minimum Gasteiger partial charge on any atom is -0.466 e. The van der Waals surface area contributed by atoms with E-state index in [0.29, 0.717) is 31.1 Å². The zero-order valence-electron chi connectivity index (χ0n) is 11.6. The lowest BCUT2D eigenvalue weighted by molar-refractivity contribution is -0.143. The minimum absolute atomic E-state index is 0.115. The van der Waals surface area contributed by atoms with E-state index in [-0.39, 0.29) is 5.97 Å². The lowest BCUT2D eigenvalue weighted by Crippen LogP contribution is -2.17. The van der Waals surface area contributed by atoms with Crippen molar-refractivity contribution in [3.8, 4) is 0 Å². The highest BCUT2D eigenvalue weighted by molar-refractivity contribution is 5.81. The average Bonchev–Trinajstić information content (AvgIpc) is 2.39. The number of carbonyl (C=O) groups is 2. The molecule has 0 unspecified atom stereocenters. The Morgan fingerprint density at radius 2 is 1.67 bits per heavy atom. The number of ether oxygens (including phenoxy) is 1. The quantitative estimate of drug-likeness (QED) is 0.490. The molecule has 0 aromatic heterocycles. The first-order chi connectivity index (χ1) is 8.74. The van der Waals surface area contributed by atoms with Crippen molar-refractivity contribution in [1.29, 1.82) is 0 Å². The molecule has 0 aromatic rings. The van der Waals surface area contributed by atoms with Crippen molar-refractivity contribution in [3.63, 3.8) is 0 Å². The molecule has 0 N–H and O–H groups in total. The maximum Gasteiger partial charge on any atom is 0.305 e. The van der Waals surface area contributed by atoms with Crippen LogP contribution in [0.2, 0.25) is 0 Å². The van der Waals surface area contributed by atoms with Crippen molar-refractivity contribution >= 4 is 11.8 Å². The maximum atomic E-state index is 11.9. The Balaban J connectivity index is 2.00. The molecular weight excluding hydrogens is 228 g/mol. The summed E-state index contributed by atoms with van der Waals surface area (Å²) in [6.07, 6.45) is 9.85. The number of esters is 1. The summed E-state index contributed by atoms with van der Waals surface area (Å²) in [4.78, 5) is 23.0. The van der Waals surface area contributed by atoms with Crippen molar-refractivity contribution in [1.82, 2.24) is 0 Å². The molecule has 3 heteroatoms. The van der Waals surface area contributed by atoms with E-state index in [2.05, 4.69) is 0 Å². The Morgan fingerprint density at radius 1 is 1.00 bits per heavy atom. The van der Waals surface area contributed by atoms with Crippen LogP contribution in [0.25, 0.3) is 0 Å². The van der Waals surface area contributed by atoms with Crippen LogP contribution in [0, 0.1) is 5.92 Å². The Hall–Kier alpha value is -0.860. The summed E-state index contributed by atoms with van der Waals surface area (Å²) in [6, 6.07) is 0. The summed E-state index contributed by atoms with van der Waals surface area (Å²) in [5, 5.41) is 0. The fourth-order valence-corrected chi connectivity index (χ4v) is 2.61. The highest BCUT2D eigenvalue weighted by Gasteiger charge is 2.20. The molecule has 0 aliphatic heterocycles. The number of rotatable bonds is 8. The van der Waals surface area contributed by atoms with Crippen LogP contribution in [-0.2, 0) is 14.3 Å². The maximum absolute atomic E-state index is 11.9. The number of carbonyl (C=O) groups excluding carboxylic acids is 2. The van der Waals surface area contributed by atoms with E-state index in [1.165, 1.54) is 19.3 Å². The number of hydrogen-bond acceptors (Lipinski definition) is 3. The lowest BCUT2D eigenvalue weighted by Gasteiger charge is -2.20. The van der Waals surface area contributed by atoms with E-state index in [1.807, 2.05) is 6.92 Å². The van der Waals surface area contributed by atoms with Crippen LogP contribution in [-0.4, -0.2) is 18.4 Å². The largest absolute Gasteiger partial charge is 0.466 e. The number of hydrogen-bond donors (Lipinski definition) is 0. The molecule has 0 spiro atoms. The molecule has 104 valence electrons. The second-order valence-corrected chi connectivity index (χ2v) is 5.17. The van der Waals surface area contributed by atoms with Crippen molar-refractivity contribution in [2.75, 3.05) is 6.61 Å². The summed E-state index contributed by atoms with van der Waals surface area (Å²) in [7, 11) is 0. The van der Waals surface area contributed by atoms with E-state index < -0.39 is 0 Å². The fourth-order valence-electron chi connectivity index (χ4n) is 2.61. The molecule has 3 nitrogen and oxygen atoms in total. The third-order valence-corrected chi connectivity index (χ3v) is 3.67. The fraction of sp³-hybridized carbons (Fsp3) is 0.867. The molecule has 1 saturated carbocycles. The Bertz CT molecular complexity index is 254. The van der Waals surface area contributed by atoms with E-state index in [4.69, 9.17) is 4.74 Å². The van der Waals surface area contributed by atoms with Gasteiger partial charge in [0, 0.05) is 18.8 Å². The molecule has 1 aliphatic carbocycles. The molecule has 0 aromatic carbocycles. The van der Waals surface area contributed by atoms with Gasteiger partial charge in [0.15, 0.2) is 0 Å². The molecule has 0 amide bonds. The normalized spacial score (nSPS) is 16.5. The van der Waals surface area contributed by atoms with Gasteiger partial charge >= 0.3 is 5.97 Å². The van der Waals surface area contributed by atoms with Crippen LogP contribution in [0.5, 0.6) is 0 Å².